The van der Waals surface area contributed by atoms with Crippen molar-refractivity contribution in [3.8, 4) is 5.69 Å². The molecule has 1 aliphatic heterocycles. The molecule has 0 radical (unpaired) electrons. The van der Waals surface area contributed by atoms with Crippen molar-refractivity contribution in [2.24, 2.45) is 0 Å². The van der Waals surface area contributed by atoms with Gasteiger partial charge in [-0.15, -0.1) is 0 Å². The van der Waals surface area contributed by atoms with Crippen LogP contribution in [0, 0.1) is 6.92 Å². The first kappa shape index (κ1) is 29.9. The van der Waals surface area contributed by atoms with Crippen molar-refractivity contribution in [1.82, 2.24) is 15.1 Å². The standard InChI is InChI=1S/C34H30F3N5O3/c1-3-41-32-27(20(2)40-42(32)26-16-5-4-6-17-26)28(22-12-9-15-25(19-22)38-30(43)21-10-7-11-21)29(33(41)45)39-31(44)23-13-8-14-24(18-23)34(35,36)37/h4-6,8-10,12-19,28-29H,3,7,11H2,1-2H3,(H,38,43)(H,39,44)/t28-,29+/m0/s1. The summed E-state index contributed by atoms with van der Waals surface area (Å²) in [6.07, 6.45) is -1.23. The lowest BCUT2D eigenvalue weighted by molar-refractivity contribution is -0.137. The molecule has 2 heterocycles. The third-order valence-corrected chi connectivity index (χ3v) is 8.17. The van der Waals surface area contributed by atoms with Gasteiger partial charge in [-0.05, 0) is 74.7 Å². The van der Waals surface area contributed by atoms with Gasteiger partial charge in [-0.2, -0.15) is 18.3 Å². The highest BCUT2D eigenvalue weighted by atomic mass is 19.4. The Labute approximate surface area is 257 Å². The number of amides is 3. The van der Waals surface area contributed by atoms with Gasteiger partial charge in [0.05, 0.1) is 16.9 Å². The molecule has 3 aromatic carbocycles. The predicted octanol–water partition coefficient (Wildman–Crippen LogP) is 6.16. The number of anilines is 2. The molecule has 8 nitrogen and oxygen atoms in total. The number of carbonyl (C=O) groups is 3. The zero-order valence-corrected chi connectivity index (χ0v) is 24.6. The van der Waals surface area contributed by atoms with E-state index in [1.54, 1.807) is 35.9 Å². The minimum atomic E-state index is -4.64. The fourth-order valence-electron chi connectivity index (χ4n) is 5.87. The van der Waals surface area contributed by atoms with E-state index >= 15 is 0 Å². The summed E-state index contributed by atoms with van der Waals surface area (Å²) in [6, 6.07) is 19.3. The monoisotopic (exact) mass is 613 g/mol. The molecule has 1 aromatic heterocycles. The van der Waals surface area contributed by atoms with E-state index in [4.69, 9.17) is 5.10 Å². The number of para-hydroxylation sites is 1. The molecule has 0 bridgehead atoms. The summed E-state index contributed by atoms with van der Waals surface area (Å²) in [5.41, 5.74) is 2.64. The number of nitrogens with zero attached hydrogens (tertiary/aromatic N) is 3. The molecule has 3 amide bonds. The van der Waals surface area contributed by atoms with Gasteiger partial charge in [0.2, 0.25) is 0 Å². The van der Waals surface area contributed by atoms with E-state index < -0.39 is 35.5 Å². The third kappa shape index (κ3) is 5.61. The van der Waals surface area contributed by atoms with Crippen LogP contribution in [-0.4, -0.2) is 40.1 Å². The van der Waals surface area contributed by atoms with Gasteiger partial charge in [-0.1, -0.05) is 42.5 Å². The van der Waals surface area contributed by atoms with Crippen molar-refractivity contribution < 1.29 is 27.6 Å². The van der Waals surface area contributed by atoms with Crippen LogP contribution in [0.4, 0.5) is 24.7 Å². The zero-order valence-electron chi connectivity index (χ0n) is 24.6. The van der Waals surface area contributed by atoms with Crippen LogP contribution in [0.25, 0.3) is 5.69 Å². The molecule has 0 saturated heterocycles. The second-order valence-electron chi connectivity index (χ2n) is 11.0. The maximum Gasteiger partial charge on any atom is 0.416 e. The summed E-state index contributed by atoms with van der Waals surface area (Å²) in [5.74, 6) is -1.71. The number of allylic oxidation sites excluding steroid dienone is 1. The van der Waals surface area contributed by atoms with Crippen molar-refractivity contribution >= 4 is 29.2 Å². The first-order valence-electron chi connectivity index (χ1n) is 14.6. The molecular formula is C34H30F3N5O3. The van der Waals surface area contributed by atoms with Crippen LogP contribution in [0.1, 0.15) is 58.4 Å². The fourth-order valence-corrected chi connectivity index (χ4v) is 5.87. The van der Waals surface area contributed by atoms with Gasteiger partial charge in [0.1, 0.15) is 11.9 Å². The van der Waals surface area contributed by atoms with Crippen LogP contribution in [0.5, 0.6) is 0 Å². The molecule has 230 valence electrons. The topological polar surface area (TPSA) is 96.3 Å². The van der Waals surface area contributed by atoms with Gasteiger partial charge in [0.25, 0.3) is 17.7 Å². The Hall–Kier alpha value is -5.19. The Bertz CT molecular complexity index is 1830. The highest BCUT2D eigenvalue weighted by molar-refractivity contribution is 6.06. The van der Waals surface area contributed by atoms with Crippen molar-refractivity contribution in [3.63, 3.8) is 0 Å². The van der Waals surface area contributed by atoms with Crippen LogP contribution in [-0.2, 0) is 15.8 Å². The van der Waals surface area contributed by atoms with Crippen LogP contribution in [0.2, 0.25) is 0 Å². The number of carbonyl (C=O) groups excluding carboxylic acids is 3. The van der Waals surface area contributed by atoms with Crippen LogP contribution in [0.15, 0.2) is 90.5 Å². The molecule has 0 unspecified atom stereocenters. The van der Waals surface area contributed by atoms with E-state index in [0.717, 1.165) is 30.3 Å². The van der Waals surface area contributed by atoms with Crippen molar-refractivity contribution in [2.45, 2.75) is 44.8 Å². The third-order valence-electron chi connectivity index (χ3n) is 8.17. The Morgan fingerprint density at radius 3 is 2.38 bits per heavy atom. The van der Waals surface area contributed by atoms with E-state index in [1.165, 1.54) is 11.0 Å². The fraction of sp³-hybridized carbons (Fsp3) is 0.235. The molecule has 6 rings (SSSR count). The number of hydrogen-bond acceptors (Lipinski definition) is 4. The largest absolute Gasteiger partial charge is 0.416 e. The van der Waals surface area contributed by atoms with Gasteiger partial charge < -0.3 is 10.6 Å². The minimum absolute atomic E-state index is 0.210. The summed E-state index contributed by atoms with van der Waals surface area (Å²) in [4.78, 5) is 42.1. The Kier molecular flexibility index (Phi) is 7.78. The maximum atomic E-state index is 14.3. The Balaban J connectivity index is 1.47. The van der Waals surface area contributed by atoms with Crippen molar-refractivity contribution in [1.29, 1.82) is 0 Å². The predicted molar refractivity (Wildman–Crippen MR) is 163 cm³/mol. The van der Waals surface area contributed by atoms with E-state index in [-0.39, 0.29) is 18.0 Å². The highest BCUT2D eigenvalue weighted by Gasteiger charge is 2.45. The van der Waals surface area contributed by atoms with Crippen LogP contribution >= 0.6 is 0 Å². The average Bonchev–Trinajstić information content (AvgIpc) is 3.33. The number of fused-ring (bicyclic) bond motifs is 1. The van der Waals surface area contributed by atoms with Crippen molar-refractivity contribution in [2.75, 3.05) is 16.8 Å². The summed E-state index contributed by atoms with van der Waals surface area (Å²) >= 11 is 0. The molecule has 0 fully saturated rings. The first-order chi connectivity index (χ1) is 21.6. The number of aryl methyl sites for hydroxylation is 1. The van der Waals surface area contributed by atoms with E-state index in [0.29, 0.717) is 40.3 Å². The molecule has 45 heavy (non-hydrogen) atoms. The molecule has 2 atom stereocenters. The SMILES string of the molecule is CCN1C(=O)[C@H](NC(=O)c2cccc(C(F)(F)F)c2)[C@@H](c2cccc(NC(=O)C3=CCC3)c2)c2c(C)nn(-c3ccccc3)c21. The van der Waals surface area contributed by atoms with Crippen LogP contribution in [0.3, 0.4) is 0 Å². The summed E-state index contributed by atoms with van der Waals surface area (Å²) in [6.45, 7) is 3.86. The molecule has 4 aromatic rings. The zero-order chi connectivity index (χ0) is 31.9. The normalized spacial score (nSPS) is 17.7. The van der Waals surface area contributed by atoms with Gasteiger partial charge in [0.15, 0.2) is 0 Å². The number of benzene rings is 3. The van der Waals surface area contributed by atoms with Gasteiger partial charge >= 0.3 is 6.18 Å². The molecule has 1 aliphatic carbocycles. The van der Waals surface area contributed by atoms with Crippen LogP contribution < -0.4 is 15.5 Å². The Morgan fingerprint density at radius 2 is 1.71 bits per heavy atom. The molecular weight excluding hydrogens is 583 g/mol. The van der Waals surface area contributed by atoms with Crippen molar-refractivity contribution in [3.05, 3.63) is 118 Å². The molecule has 2 aliphatic rings. The summed E-state index contributed by atoms with van der Waals surface area (Å²) < 4.78 is 42.1. The smallest absolute Gasteiger partial charge is 0.339 e. The van der Waals surface area contributed by atoms with Gasteiger partial charge in [-0.3, -0.25) is 19.3 Å². The van der Waals surface area contributed by atoms with Gasteiger partial charge in [0, 0.05) is 34.9 Å². The number of nitrogens with one attached hydrogen (secondary N) is 2. The number of likely N-dealkylation sites (N-methyl/N-ethyl adjacent to an activating group) is 1. The van der Waals surface area contributed by atoms with Gasteiger partial charge in [-0.25, -0.2) is 4.68 Å². The molecule has 0 saturated carbocycles. The number of hydrogen-bond donors (Lipinski definition) is 2. The molecule has 11 heteroatoms. The summed E-state index contributed by atoms with van der Waals surface area (Å²) in [5, 5.41) is 10.5. The lowest BCUT2D eigenvalue weighted by atomic mass is 9.80. The maximum absolute atomic E-state index is 14.3. The summed E-state index contributed by atoms with van der Waals surface area (Å²) in [7, 11) is 0. The average molecular weight is 614 g/mol. The first-order valence-corrected chi connectivity index (χ1v) is 14.6. The number of rotatable bonds is 7. The van der Waals surface area contributed by atoms with E-state index in [2.05, 4.69) is 10.6 Å². The minimum Gasteiger partial charge on any atom is -0.339 e. The lowest BCUT2D eigenvalue weighted by Crippen LogP contribution is -2.55. The Morgan fingerprint density at radius 1 is 0.978 bits per heavy atom. The quantitative estimate of drug-likeness (QED) is 0.261. The highest BCUT2D eigenvalue weighted by Crippen LogP contribution is 2.44. The second-order valence-corrected chi connectivity index (χ2v) is 11.0. The molecule has 0 spiro atoms. The van der Waals surface area contributed by atoms with E-state index in [9.17, 15) is 27.6 Å². The number of aromatic nitrogens is 2. The number of alkyl halides is 3. The molecule has 2 N–H and O–H groups in total. The number of halogens is 3. The second kappa shape index (κ2) is 11.7. The van der Waals surface area contributed by atoms with E-state index in [1.807, 2.05) is 43.3 Å². The lowest BCUT2D eigenvalue weighted by Gasteiger charge is -2.38.